The van der Waals surface area contributed by atoms with Gasteiger partial charge in [-0.1, -0.05) is 0 Å². The molecule has 0 saturated heterocycles. The first-order valence-corrected chi connectivity index (χ1v) is 2.32. The standard InChI is InChI=1S/C5H6O3/c6-3-4-1-2-5(7)8-4/h1-2,4,6H,3H2/t4-/m1/s1. The minimum Gasteiger partial charge on any atom is -0.452 e. The SMILES string of the molecule is O=C1C=C[C@H](CO)O1. The van der Waals surface area contributed by atoms with Crippen molar-refractivity contribution in [3.05, 3.63) is 12.2 Å². The minimum absolute atomic E-state index is 0.123. The number of aliphatic hydroxyl groups is 1. The van der Waals surface area contributed by atoms with Crippen molar-refractivity contribution in [1.82, 2.24) is 0 Å². The van der Waals surface area contributed by atoms with Crippen LogP contribution in [0.1, 0.15) is 0 Å². The lowest BCUT2D eigenvalue weighted by Gasteiger charge is -2.00. The quantitative estimate of drug-likeness (QED) is 0.466. The topological polar surface area (TPSA) is 46.5 Å². The molecule has 0 fully saturated rings. The Morgan fingerprint density at radius 3 is 2.88 bits per heavy atom. The Morgan fingerprint density at radius 2 is 2.62 bits per heavy atom. The van der Waals surface area contributed by atoms with Gasteiger partial charge in [-0.25, -0.2) is 4.79 Å². The van der Waals surface area contributed by atoms with Crippen molar-refractivity contribution in [2.45, 2.75) is 6.10 Å². The molecule has 0 unspecified atom stereocenters. The second-order valence-electron chi connectivity index (χ2n) is 1.52. The third-order valence-corrected chi connectivity index (χ3v) is 0.894. The monoisotopic (exact) mass is 114 g/mol. The molecule has 1 heterocycles. The zero-order valence-corrected chi connectivity index (χ0v) is 4.20. The van der Waals surface area contributed by atoms with E-state index < -0.39 is 6.10 Å². The molecule has 44 valence electrons. The molecule has 0 amide bonds. The van der Waals surface area contributed by atoms with Crippen LogP contribution in [0.15, 0.2) is 12.2 Å². The molecule has 0 saturated carbocycles. The highest BCUT2D eigenvalue weighted by Crippen LogP contribution is 2.02. The summed E-state index contributed by atoms with van der Waals surface area (Å²) in [6.07, 6.45) is 2.44. The largest absolute Gasteiger partial charge is 0.452 e. The van der Waals surface area contributed by atoms with E-state index in [4.69, 9.17) is 5.11 Å². The molecule has 8 heavy (non-hydrogen) atoms. The number of carbonyl (C=O) groups excluding carboxylic acids is 1. The fourth-order valence-corrected chi connectivity index (χ4v) is 0.512. The van der Waals surface area contributed by atoms with Crippen molar-refractivity contribution in [1.29, 1.82) is 0 Å². The number of hydrogen-bond acceptors (Lipinski definition) is 3. The number of esters is 1. The summed E-state index contributed by atoms with van der Waals surface area (Å²) in [4.78, 5) is 10.2. The molecule has 3 heteroatoms. The van der Waals surface area contributed by atoms with E-state index in [2.05, 4.69) is 4.74 Å². The fraction of sp³-hybridized carbons (Fsp3) is 0.400. The summed E-state index contributed by atoms with van der Waals surface area (Å²) < 4.78 is 4.51. The first-order valence-electron chi connectivity index (χ1n) is 2.32. The van der Waals surface area contributed by atoms with Crippen LogP contribution >= 0.6 is 0 Å². The average molecular weight is 114 g/mol. The highest BCUT2D eigenvalue weighted by Gasteiger charge is 2.13. The second kappa shape index (κ2) is 1.96. The van der Waals surface area contributed by atoms with Crippen molar-refractivity contribution in [2.24, 2.45) is 0 Å². The normalized spacial score (nSPS) is 26.1. The molecule has 0 aliphatic carbocycles. The Hall–Kier alpha value is -0.830. The highest BCUT2D eigenvalue weighted by atomic mass is 16.6. The number of ether oxygens (including phenoxy) is 1. The summed E-state index contributed by atoms with van der Waals surface area (Å²) in [6, 6.07) is 0. The van der Waals surface area contributed by atoms with Gasteiger partial charge < -0.3 is 9.84 Å². The zero-order valence-electron chi connectivity index (χ0n) is 4.20. The molecule has 1 aliphatic rings. The van der Waals surface area contributed by atoms with Gasteiger partial charge in [-0.2, -0.15) is 0 Å². The molecular formula is C5H6O3. The summed E-state index contributed by atoms with van der Waals surface area (Å²) in [5.41, 5.74) is 0. The van der Waals surface area contributed by atoms with Crippen molar-refractivity contribution in [3.63, 3.8) is 0 Å². The predicted molar refractivity (Wildman–Crippen MR) is 26.1 cm³/mol. The van der Waals surface area contributed by atoms with E-state index in [0.29, 0.717) is 0 Å². The Labute approximate surface area is 46.6 Å². The predicted octanol–water partition coefficient (Wildman–Crippen LogP) is -0.540. The first kappa shape index (κ1) is 5.31. The van der Waals surface area contributed by atoms with Crippen LogP contribution in [0.5, 0.6) is 0 Å². The summed E-state index contributed by atoms with van der Waals surface area (Å²) in [6.45, 7) is -0.123. The Balaban J connectivity index is 2.46. The van der Waals surface area contributed by atoms with Crippen LogP contribution in [0, 0.1) is 0 Å². The van der Waals surface area contributed by atoms with E-state index in [1.54, 1.807) is 0 Å². The minimum atomic E-state index is -0.400. The van der Waals surface area contributed by atoms with Crippen LogP contribution in [0.25, 0.3) is 0 Å². The van der Waals surface area contributed by atoms with Crippen LogP contribution in [0.2, 0.25) is 0 Å². The van der Waals surface area contributed by atoms with Gasteiger partial charge in [0.2, 0.25) is 0 Å². The number of cyclic esters (lactones) is 1. The zero-order chi connectivity index (χ0) is 5.98. The van der Waals surface area contributed by atoms with Gasteiger partial charge in [0, 0.05) is 6.08 Å². The van der Waals surface area contributed by atoms with Crippen molar-refractivity contribution >= 4 is 5.97 Å². The molecule has 0 aromatic rings. The molecular weight excluding hydrogens is 108 g/mol. The first-order chi connectivity index (χ1) is 3.83. The Kier molecular flexibility index (Phi) is 1.30. The van der Waals surface area contributed by atoms with Crippen molar-refractivity contribution in [2.75, 3.05) is 6.61 Å². The van der Waals surface area contributed by atoms with Crippen LogP contribution in [0.4, 0.5) is 0 Å². The van der Waals surface area contributed by atoms with Gasteiger partial charge in [-0.3, -0.25) is 0 Å². The number of rotatable bonds is 1. The number of aliphatic hydroxyl groups excluding tert-OH is 1. The third kappa shape index (κ3) is 0.869. The van der Waals surface area contributed by atoms with Gasteiger partial charge in [-0.05, 0) is 6.08 Å². The Bertz CT molecular complexity index is 128. The molecule has 1 N–H and O–H groups in total. The summed E-state index contributed by atoms with van der Waals surface area (Å²) in [5, 5.41) is 8.36. The van der Waals surface area contributed by atoms with E-state index in [0.717, 1.165) is 0 Å². The molecule has 0 aromatic heterocycles. The Morgan fingerprint density at radius 1 is 1.88 bits per heavy atom. The maximum Gasteiger partial charge on any atom is 0.331 e. The van der Waals surface area contributed by atoms with E-state index in [1.165, 1.54) is 12.2 Å². The smallest absolute Gasteiger partial charge is 0.331 e. The molecule has 0 radical (unpaired) electrons. The molecule has 3 nitrogen and oxygen atoms in total. The van der Waals surface area contributed by atoms with Crippen LogP contribution in [-0.2, 0) is 9.53 Å². The van der Waals surface area contributed by atoms with Gasteiger partial charge in [0.1, 0.15) is 6.10 Å². The van der Waals surface area contributed by atoms with Gasteiger partial charge in [0.05, 0.1) is 6.61 Å². The summed E-state index contributed by atoms with van der Waals surface area (Å²) in [5.74, 6) is -0.371. The van der Waals surface area contributed by atoms with Gasteiger partial charge in [-0.15, -0.1) is 0 Å². The van der Waals surface area contributed by atoms with E-state index in [9.17, 15) is 4.79 Å². The molecule has 1 aliphatic heterocycles. The molecule has 1 rings (SSSR count). The van der Waals surface area contributed by atoms with Crippen molar-refractivity contribution in [3.8, 4) is 0 Å². The van der Waals surface area contributed by atoms with E-state index in [-0.39, 0.29) is 12.6 Å². The number of carbonyl (C=O) groups is 1. The van der Waals surface area contributed by atoms with E-state index in [1.807, 2.05) is 0 Å². The highest BCUT2D eigenvalue weighted by molar-refractivity contribution is 5.84. The average Bonchev–Trinajstić information content (AvgIpc) is 2.14. The summed E-state index contributed by atoms with van der Waals surface area (Å²) >= 11 is 0. The summed E-state index contributed by atoms with van der Waals surface area (Å²) in [7, 11) is 0. The van der Waals surface area contributed by atoms with Crippen LogP contribution < -0.4 is 0 Å². The molecule has 0 spiro atoms. The van der Waals surface area contributed by atoms with Crippen LogP contribution in [0.3, 0.4) is 0 Å². The lowest BCUT2D eigenvalue weighted by atomic mass is 10.4. The maximum atomic E-state index is 10.2. The van der Waals surface area contributed by atoms with Crippen LogP contribution in [-0.4, -0.2) is 23.8 Å². The molecule has 1 atom stereocenters. The third-order valence-electron chi connectivity index (χ3n) is 0.894. The lowest BCUT2D eigenvalue weighted by molar-refractivity contribution is -0.139. The lowest BCUT2D eigenvalue weighted by Crippen LogP contribution is -2.11. The van der Waals surface area contributed by atoms with E-state index >= 15 is 0 Å². The number of hydrogen-bond donors (Lipinski definition) is 1. The molecule has 0 bridgehead atoms. The maximum absolute atomic E-state index is 10.2. The van der Waals surface area contributed by atoms with Crippen molar-refractivity contribution < 1.29 is 14.6 Å². The second-order valence-corrected chi connectivity index (χ2v) is 1.52. The molecule has 0 aromatic carbocycles. The van der Waals surface area contributed by atoms with Gasteiger partial charge >= 0.3 is 5.97 Å². The van der Waals surface area contributed by atoms with Gasteiger partial charge in [0.15, 0.2) is 0 Å². The van der Waals surface area contributed by atoms with Gasteiger partial charge in [0.25, 0.3) is 0 Å². The fourth-order valence-electron chi connectivity index (χ4n) is 0.512.